The van der Waals surface area contributed by atoms with Gasteiger partial charge in [0.05, 0.1) is 17.3 Å². The molecule has 0 saturated carbocycles. The molecule has 7 rings (SSSR count). The van der Waals surface area contributed by atoms with Gasteiger partial charge in [-0.2, -0.15) is 10.1 Å². The Hall–Kier alpha value is -5.32. The molecule has 1 fully saturated rings. The first-order valence-corrected chi connectivity index (χ1v) is 14.5. The Labute approximate surface area is 250 Å². The van der Waals surface area contributed by atoms with Gasteiger partial charge in [0.2, 0.25) is 5.82 Å². The molecule has 1 unspecified atom stereocenters. The number of aryl methyl sites for hydroxylation is 1. The minimum atomic E-state index is -0.825. The fourth-order valence-electron chi connectivity index (χ4n) is 6.53. The quantitative estimate of drug-likeness (QED) is 0.231. The number of hydrogen-bond acceptors (Lipinski definition) is 7. The van der Waals surface area contributed by atoms with Gasteiger partial charge in [0.15, 0.2) is 0 Å². The summed E-state index contributed by atoms with van der Waals surface area (Å²) in [7, 11) is 0. The Balaban J connectivity index is 1.27. The molecule has 1 saturated heterocycles. The summed E-state index contributed by atoms with van der Waals surface area (Å²) in [5, 5.41) is 13.0. The molecule has 0 spiro atoms. The van der Waals surface area contributed by atoms with Crippen molar-refractivity contribution in [2.45, 2.75) is 44.6 Å². The molecule has 6 aromatic rings. The first kappa shape index (κ1) is 27.5. The van der Waals surface area contributed by atoms with Gasteiger partial charge in [0.1, 0.15) is 5.82 Å². The normalized spacial score (nSPS) is 18.6. The van der Waals surface area contributed by atoms with Crippen molar-refractivity contribution >= 4 is 27.9 Å². The third kappa shape index (κ3) is 4.70. The van der Waals surface area contributed by atoms with Gasteiger partial charge >= 0.3 is 12.2 Å². The Morgan fingerprint density at radius 1 is 1.14 bits per heavy atom. The SMILES string of the molecule is CC[C@]1(c2cc(C)c3[nH]ncc3c2)CC(c2cc3ccccc3[nH]c2=O)CCN1C(=O)Oc1nc(-c2ccc(F)cc2)no1. The summed E-state index contributed by atoms with van der Waals surface area (Å²) in [5.74, 6) is -0.344. The van der Waals surface area contributed by atoms with E-state index in [0.29, 0.717) is 36.9 Å². The number of amides is 1. The molecule has 0 aliphatic carbocycles. The van der Waals surface area contributed by atoms with E-state index in [-0.39, 0.29) is 23.4 Å². The lowest BCUT2D eigenvalue weighted by Crippen LogP contribution is -2.55. The lowest BCUT2D eigenvalue weighted by atomic mass is 9.71. The van der Waals surface area contributed by atoms with Crippen LogP contribution in [0, 0.1) is 12.7 Å². The molecule has 0 bridgehead atoms. The number of piperidine rings is 1. The monoisotopic (exact) mass is 592 g/mol. The molecule has 1 aliphatic rings. The number of rotatable bonds is 5. The van der Waals surface area contributed by atoms with Crippen molar-refractivity contribution < 1.29 is 18.4 Å². The number of H-pyrrole nitrogens is 2. The maximum atomic E-state index is 13.9. The van der Waals surface area contributed by atoms with Crippen LogP contribution in [0.1, 0.15) is 48.8 Å². The molecular weight excluding hydrogens is 563 g/mol. The zero-order valence-electron chi connectivity index (χ0n) is 24.1. The minimum Gasteiger partial charge on any atom is -0.358 e. The predicted octanol–water partition coefficient (Wildman–Crippen LogP) is 6.59. The van der Waals surface area contributed by atoms with Crippen LogP contribution in [0.3, 0.4) is 0 Å². The molecule has 44 heavy (non-hydrogen) atoms. The number of para-hydroxylation sites is 1. The number of pyridine rings is 1. The number of carbonyl (C=O) groups is 1. The van der Waals surface area contributed by atoms with E-state index < -0.39 is 17.4 Å². The van der Waals surface area contributed by atoms with Crippen LogP contribution in [0.4, 0.5) is 9.18 Å². The van der Waals surface area contributed by atoms with Gasteiger partial charge in [-0.3, -0.25) is 19.3 Å². The molecule has 2 N–H and O–H groups in total. The van der Waals surface area contributed by atoms with Crippen molar-refractivity contribution in [1.29, 1.82) is 0 Å². The van der Waals surface area contributed by atoms with Crippen LogP contribution >= 0.6 is 0 Å². The second-order valence-electron chi connectivity index (χ2n) is 11.3. The molecule has 0 radical (unpaired) electrons. The highest BCUT2D eigenvalue weighted by atomic mass is 19.1. The third-order valence-electron chi connectivity index (χ3n) is 8.80. The Bertz CT molecular complexity index is 2070. The average molecular weight is 593 g/mol. The van der Waals surface area contributed by atoms with Crippen LogP contribution in [0.15, 0.2) is 82.2 Å². The van der Waals surface area contributed by atoms with Crippen molar-refractivity contribution in [3.05, 3.63) is 106 Å². The zero-order valence-corrected chi connectivity index (χ0v) is 24.1. The van der Waals surface area contributed by atoms with Gasteiger partial charge in [0.25, 0.3) is 5.56 Å². The Kier molecular flexibility index (Phi) is 6.72. The Morgan fingerprint density at radius 2 is 1.95 bits per heavy atom. The van der Waals surface area contributed by atoms with E-state index >= 15 is 0 Å². The summed E-state index contributed by atoms with van der Waals surface area (Å²) in [6.07, 6.45) is 2.41. The van der Waals surface area contributed by atoms with Gasteiger partial charge in [-0.1, -0.05) is 36.3 Å². The fraction of sp³-hybridized carbons (Fsp3) is 0.242. The zero-order chi connectivity index (χ0) is 30.4. The third-order valence-corrected chi connectivity index (χ3v) is 8.80. The molecule has 3 aromatic heterocycles. The number of fused-ring (bicyclic) bond motifs is 2. The number of halogens is 1. The van der Waals surface area contributed by atoms with Gasteiger partial charge < -0.3 is 9.72 Å². The van der Waals surface area contributed by atoms with Crippen molar-refractivity contribution in [2.75, 3.05) is 6.54 Å². The van der Waals surface area contributed by atoms with Crippen LogP contribution in [-0.4, -0.2) is 42.9 Å². The number of nitrogens with zero attached hydrogens (tertiary/aromatic N) is 4. The van der Waals surface area contributed by atoms with E-state index in [1.807, 2.05) is 50.2 Å². The number of ether oxygens (including phenoxy) is 1. The molecule has 4 heterocycles. The smallest absolute Gasteiger partial charge is 0.358 e. The number of benzene rings is 3. The highest BCUT2D eigenvalue weighted by Crippen LogP contribution is 2.47. The average Bonchev–Trinajstić information content (AvgIpc) is 3.71. The molecule has 2 atom stereocenters. The van der Waals surface area contributed by atoms with Crippen LogP contribution < -0.4 is 10.3 Å². The molecule has 1 amide bonds. The fourth-order valence-corrected chi connectivity index (χ4v) is 6.53. The van der Waals surface area contributed by atoms with Crippen LogP contribution in [0.5, 0.6) is 6.08 Å². The van der Waals surface area contributed by atoms with E-state index in [0.717, 1.165) is 32.9 Å². The van der Waals surface area contributed by atoms with Crippen LogP contribution in [0.25, 0.3) is 33.2 Å². The van der Waals surface area contributed by atoms with E-state index in [4.69, 9.17) is 9.26 Å². The number of likely N-dealkylation sites (tertiary alicyclic amines) is 1. The van der Waals surface area contributed by atoms with Crippen molar-refractivity contribution in [1.82, 2.24) is 30.2 Å². The van der Waals surface area contributed by atoms with E-state index in [9.17, 15) is 14.0 Å². The van der Waals surface area contributed by atoms with Gasteiger partial charge in [0, 0.05) is 28.6 Å². The minimum absolute atomic E-state index is 0.124. The lowest BCUT2D eigenvalue weighted by molar-refractivity contribution is 0.0318. The summed E-state index contributed by atoms with van der Waals surface area (Å²) in [4.78, 5) is 36.2. The summed E-state index contributed by atoms with van der Waals surface area (Å²) >= 11 is 0. The number of hydrogen-bond donors (Lipinski definition) is 2. The maximum absolute atomic E-state index is 13.9. The van der Waals surface area contributed by atoms with Crippen molar-refractivity contribution in [3.63, 3.8) is 0 Å². The summed E-state index contributed by atoms with van der Waals surface area (Å²) in [6.45, 7) is 4.35. The molecule has 11 heteroatoms. The van der Waals surface area contributed by atoms with E-state index in [1.165, 1.54) is 24.3 Å². The topological polar surface area (TPSA) is 130 Å². The Morgan fingerprint density at radius 3 is 2.77 bits per heavy atom. The summed E-state index contributed by atoms with van der Waals surface area (Å²) < 4.78 is 24.3. The highest BCUT2D eigenvalue weighted by Gasteiger charge is 2.47. The first-order valence-electron chi connectivity index (χ1n) is 14.5. The van der Waals surface area contributed by atoms with Crippen LogP contribution in [0.2, 0.25) is 0 Å². The lowest BCUT2D eigenvalue weighted by Gasteiger charge is -2.49. The summed E-state index contributed by atoms with van der Waals surface area (Å²) in [5.41, 5.74) is 3.87. The summed E-state index contributed by atoms with van der Waals surface area (Å²) in [6, 6.07) is 19.4. The van der Waals surface area contributed by atoms with Crippen molar-refractivity contribution in [3.8, 4) is 17.5 Å². The number of aromatic nitrogens is 5. The highest BCUT2D eigenvalue weighted by molar-refractivity contribution is 5.83. The van der Waals surface area contributed by atoms with Gasteiger partial charge in [-0.15, -0.1) is 0 Å². The van der Waals surface area contributed by atoms with Gasteiger partial charge in [-0.25, -0.2) is 9.18 Å². The van der Waals surface area contributed by atoms with Crippen LogP contribution in [-0.2, 0) is 5.54 Å². The number of aromatic amines is 2. The number of nitrogens with one attached hydrogen (secondary N) is 2. The van der Waals surface area contributed by atoms with E-state index in [2.05, 4.69) is 31.4 Å². The largest absolute Gasteiger partial charge is 0.426 e. The molecule has 3 aromatic carbocycles. The standard InChI is InChI=1S/C33H29FN6O4/c1-3-33(24-14-19(2)28-23(15-24)18-35-38-28)17-22(26-16-21-6-4-5-7-27(21)36-30(26)41)12-13-40(33)32(42)43-31-37-29(39-44-31)20-8-10-25(34)11-9-20/h4-11,14-16,18,22H,3,12-13,17H2,1-2H3,(H,35,38)(H,36,41)/t22?,33-/m1/s1. The molecular formula is C33H29FN6O4. The molecule has 10 nitrogen and oxygen atoms in total. The number of carbonyl (C=O) groups excluding carboxylic acids is 1. The predicted molar refractivity (Wildman–Crippen MR) is 162 cm³/mol. The van der Waals surface area contributed by atoms with Crippen molar-refractivity contribution in [2.24, 2.45) is 0 Å². The second-order valence-corrected chi connectivity index (χ2v) is 11.3. The molecule has 1 aliphatic heterocycles. The molecule has 222 valence electrons. The van der Waals surface area contributed by atoms with E-state index in [1.54, 1.807) is 11.1 Å². The maximum Gasteiger partial charge on any atom is 0.426 e. The van der Waals surface area contributed by atoms with Gasteiger partial charge in [-0.05, 0) is 91.1 Å². The first-order chi connectivity index (χ1) is 21.3. The second kappa shape index (κ2) is 10.7.